The van der Waals surface area contributed by atoms with Gasteiger partial charge in [0.1, 0.15) is 11.5 Å². The molecule has 4 heteroatoms. The van der Waals surface area contributed by atoms with Gasteiger partial charge in [0.25, 0.3) is 5.91 Å². The lowest BCUT2D eigenvalue weighted by atomic mass is 10.1. The number of methoxy groups -OCH3 is 2. The molecule has 1 atom stereocenters. The Morgan fingerprint density at radius 2 is 1.83 bits per heavy atom. The van der Waals surface area contributed by atoms with Crippen LogP contribution < -0.4 is 14.8 Å². The lowest BCUT2D eigenvalue weighted by Crippen LogP contribution is -2.36. The van der Waals surface area contributed by atoms with Crippen LogP contribution in [-0.4, -0.2) is 26.2 Å². The Balaban J connectivity index is 2.96. The Morgan fingerprint density at radius 3 is 2.33 bits per heavy atom. The smallest absolute Gasteiger partial charge is 0.255 e. The summed E-state index contributed by atoms with van der Waals surface area (Å²) in [6, 6.07) is 5.28. The van der Waals surface area contributed by atoms with E-state index in [1.165, 1.54) is 0 Å². The molecule has 1 aromatic rings. The third-order valence-corrected chi connectivity index (χ3v) is 3.01. The summed E-state index contributed by atoms with van der Waals surface area (Å²) in [7, 11) is 3.12. The van der Waals surface area contributed by atoms with E-state index in [0.717, 1.165) is 0 Å². The van der Waals surface area contributed by atoms with Crippen molar-refractivity contribution in [2.45, 2.75) is 26.8 Å². The number of hydrogen-bond donors (Lipinski definition) is 1. The normalized spacial score (nSPS) is 12.1. The average molecular weight is 251 g/mol. The van der Waals surface area contributed by atoms with Crippen molar-refractivity contribution in [3.63, 3.8) is 0 Å². The van der Waals surface area contributed by atoms with E-state index in [1.54, 1.807) is 32.4 Å². The maximum Gasteiger partial charge on any atom is 0.255 e. The molecule has 4 nitrogen and oxygen atoms in total. The summed E-state index contributed by atoms with van der Waals surface area (Å²) in [5, 5.41) is 2.95. The number of amides is 1. The van der Waals surface area contributed by atoms with Gasteiger partial charge in [-0.2, -0.15) is 0 Å². The molecule has 1 amide bonds. The number of hydrogen-bond acceptors (Lipinski definition) is 3. The maximum atomic E-state index is 12.2. The minimum atomic E-state index is -0.146. The number of ether oxygens (including phenoxy) is 2. The SMILES string of the molecule is COc1ccc(OC)c(C(=O)NC(C)C(C)C)c1. The van der Waals surface area contributed by atoms with Crippen LogP contribution in [0.4, 0.5) is 0 Å². The van der Waals surface area contributed by atoms with Crippen LogP contribution in [0.25, 0.3) is 0 Å². The first kappa shape index (κ1) is 14.4. The molecule has 0 heterocycles. The zero-order valence-electron chi connectivity index (χ0n) is 11.6. The molecule has 0 saturated carbocycles. The molecule has 0 saturated heterocycles. The quantitative estimate of drug-likeness (QED) is 0.874. The van der Waals surface area contributed by atoms with Crippen LogP contribution in [0.3, 0.4) is 0 Å². The highest BCUT2D eigenvalue weighted by Gasteiger charge is 2.17. The third-order valence-electron chi connectivity index (χ3n) is 3.01. The zero-order chi connectivity index (χ0) is 13.7. The number of carbonyl (C=O) groups is 1. The van der Waals surface area contributed by atoms with E-state index in [2.05, 4.69) is 19.2 Å². The molecule has 1 N–H and O–H groups in total. The highest BCUT2D eigenvalue weighted by Crippen LogP contribution is 2.24. The van der Waals surface area contributed by atoms with Gasteiger partial charge in [0, 0.05) is 6.04 Å². The minimum Gasteiger partial charge on any atom is -0.497 e. The summed E-state index contributed by atoms with van der Waals surface area (Å²) < 4.78 is 10.3. The summed E-state index contributed by atoms with van der Waals surface area (Å²) in [4.78, 5) is 12.2. The number of carbonyl (C=O) groups excluding carboxylic acids is 1. The Kier molecular flexibility index (Phi) is 5.01. The number of benzene rings is 1. The summed E-state index contributed by atoms with van der Waals surface area (Å²) in [6.45, 7) is 6.11. The molecule has 0 aromatic heterocycles. The molecule has 1 unspecified atom stereocenters. The summed E-state index contributed by atoms with van der Waals surface area (Å²) >= 11 is 0. The van der Waals surface area contributed by atoms with Crippen LogP contribution >= 0.6 is 0 Å². The molecular weight excluding hydrogens is 230 g/mol. The lowest BCUT2D eigenvalue weighted by molar-refractivity contribution is 0.0927. The highest BCUT2D eigenvalue weighted by atomic mass is 16.5. The van der Waals surface area contributed by atoms with Gasteiger partial charge in [0.15, 0.2) is 0 Å². The van der Waals surface area contributed by atoms with Crippen molar-refractivity contribution in [3.8, 4) is 11.5 Å². The number of nitrogens with one attached hydrogen (secondary N) is 1. The molecule has 1 rings (SSSR count). The predicted molar refractivity (Wildman–Crippen MR) is 71.3 cm³/mol. The van der Waals surface area contributed by atoms with Crippen molar-refractivity contribution in [2.24, 2.45) is 5.92 Å². The van der Waals surface area contributed by atoms with Crippen molar-refractivity contribution in [1.82, 2.24) is 5.32 Å². The Morgan fingerprint density at radius 1 is 1.17 bits per heavy atom. The topological polar surface area (TPSA) is 47.6 Å². The van der Waals surface area contributed by atoms with Crippen molar-refractivity contribution in [2.75, 3.05) is 14.2 Å². The molecule has 0 fully saturated rings. The first-order chi connectivity index (χ1) is 8.49. The molecule has 0 radical (unpaired) electrons. The second kappa shape index (κ2) is 6.28. The summed E-state index contributed by atoms with van der Waals surface area (Å²) in [5.41, 5.74) is 0.490. The van der Waals surface area contributed by atoms with Crippen LogP contribution in [0, 0.1) is 5.92 Å². The fourth-order valence-corrected chi connectivity index (χ4v) is 1.44. The fraction of sp³-hybridized carbons (Fsp3) is 0.500. The van der Waals surface area contributed by atoms with Crippen molar-refractivity contribution in [1.29, 1.82) is 0 Å². The van der Waals surface area contributed by atoms with E-state index in [1.807, 2.05) is 6.92 Å². The van der Waals surface area contributed by atoms with E-state index in [-0.39, 0.29) is 11.9 Å². The van der Waals surface area contributed by atoms with Gasteiger partial charge in [-0.05, 0) is 31.0 Å². The Bertz CT molecular complexity index is 416. The van der Waals surface area contributed by atoms with Gasteiger partial charge >= 0.3 is 0 Å². The lowest BCUT2D eigenvalue weighted by Gasteiger charge is -2.18. The second-order valence-corrected chi connectivity index (χ2v) is 4.57. The maximum absolute atomic E-state index is 12.2. The van der Waals surface area contributed by atoms with E-state index in [4.69, 9.17) is 9.47 Å². The molecule has 18 heavy (non-hydrogen) atoms. The first-order valence-electron chi connectivity index (χ1n) is 6.02. The van der Waals surface area contributed by atoms with Gasteiger partial charge < -0.3 is 14.8 Å². The minimum absolute atomic E-state index is 0.105. The predicted octanol–water partition coefficient (Wildman–Crippen LogP) is 2.48. The average Bonchev–Trinajstić information content (AvgIpc) is 2.37. The Hall–Kier alpha value is -1.71. The largest absolute Gasteiger partial charge is 0.497 e. The van der Waals surface area contributed by atoms with E-state index >= 15 is 0 Å². The second-order valence-electron chi connectivity index (χ2n) is 4.57. The molecular formula is C14H21NO3. The zero-order valence-corrected chi connectivity index (χ0v) is 11.6. The van der Waals surface area contributed by atoms with Crippen LogP contribution in [0.2, 0.25) is 0 Å². The van der Waals surface area contributed by atoms with Gasteiger partial charge in [-0.25, -0.2) is 0 Å². The standard InChI is InChI=1S/C14H21NO3/c1-9(2)10(3)15-14(16)12-8-11(17-4)6-7-13(12)18-5/h6-10H,1-5H3,(H,15,16). The fourth-order valence-electron chi connectivity index (χ4n) is 1.44. The summed E-state index contributed by atoms with van der Waals surface area (Å²) in [6.07, 6.45) is 0. The van der Waals surface area contributed by atoms with E-state index in [9.17, 15) is 4.79 Å². The van der Waals surface area contributed by atoms with E-state index in [0.29, 0.717) is 23.0 Å². The van der Waals surface area contributed by atoms with Gasteiger partial charge in [0.2, 0.25) is 0 Å². The molecule has 0 spiro atoms. The third kappa shape index (κ3) is 3.39. The molecule has 100 valence electrons. The monoisotopic (exact) mass is 251 g/mol. The molecule has 0 aliphatic carbocycles. The van der Waals surface area contributed by atoms with Crippen molar-refractivity contribution < 1.29 is 14.3 Å². The van der Waals surface area contributed by atoms with Crippen LogP contribution in [0.1, 0.15) is 31.1 Å². The van der Waals surface area contributed by atoms with Crippen molar-refractivity contribution in [3.05, 3.63) is 23.8 Å². The summed E-state index contributed by atoms with van der Waals surface area (Å²) in [5.74, 6) is 1.42. The van der Waals surface area contributed by atoms with Gasteiger partial charge in [0.05, 0.1) is 19.8 Å². The Labute approximate surface area is 108 Å². The van der Waals surface area contributed by atoms with Gasteiger partial charge in [-0.1, -0.05) is 13.8 Å². The molecule has 0 aliphatic rings. The molecule has 0 aliphatic heterocycles. The van der Waals surface area contributed by atoms with Crippen LogP contribution in [0.5, 0.6) is 11.5 Å². The van der Waals surface area contributed by atoms with E-state index < -0.39 is 0 Å². The number of rotatable bonds is 5. The molecule has 1 aromatic carbocycles. The van der Waals surface area contributed by atoms with Crippen LogP contribution in [-0.2, 0) is 0 Å². The molecule has 0 bridgehead atoms. The highest BCUT2D eigenvalue weighted by molar-refractivity contribution is 5.97. The van der Waals surface area contributed by atoms with Gasteiger partial charge in [-0.3, -0.25) is 4.79 Å². The van der Waals surface area contributed by atoms with Gasteiger partial charge in [-0.15, -0.1) is 0 Å². The first-order valence-corrected chi connectivity index (χ1v) is 6.02. The van der Waals surface area contributed by atoms with Crippen molar-refractivity contribution >= 4 is 5.91 Å². The van der Waals surface area contributed by atoms with Crippen LogP contribution in [0.15, 0.2) is 18.2 Å².